The van der Waals surface area contributed by atoms with Crippen LogP contribution in [0.5, 0.6) is 0 Å². The number of carbonyl (C=O) groups excluding carboxylic acids is 1. The fourth-order valence-corrected chi connectivity index (χ4v) is 1.79. The van der Waals surface area contributed by atoms with E-state index in [-0.39, 0.29) is 0 Å². The number of amides is 1. The predicted octanol–water partition coefficient (Wildman–Crippen LogP) is 3.47. The van der Waals surface area contributed by atoms with Crippen molar-refractivity contribution in [3.63, 3.8) is 0 Å². The topological polar surface area (TPSA) is 52.9 Å². The second-order valence-corrected chi connectivity index (χ2v) is 4.53. The van der Waals surface area contributed by atoms with Gasteiger partial charge < -0.3 is 5.32 Å². The van der Waals surface area contributed by atoms with Crippen molar-refractivity contribution in [3.05, 3.63) is 70.5 Å². The van der Waals surface area contributed by atoms with Crippen LogP contribution in [0.1, 0.15) is 22.0 Å². The SMILES string of the molecule is N#C[C@H](NC(=O)c1ccc(Cl)cc1)c1ccc(F)cc1. The number of halogens is 2. The molecular weight excluding hydrogens is 279 g/mol. The zero-order chi connectivity index (χ0) is 14.5. The maximum atomic E-state index is 12.8. The quantitative estimate of drug-likeness (QED) is 0.940. The first-order valence-electron chi connectivity index (χ1n) is 5.81. The normalized spacial score (nSPS) is 11.4. The highest BCUT2D eigenvalue weighted by molar-refractivity contribution is 6.30. The smallest absolute Gasteiger partial charge is 0.252 e. The van der Waals surface area contributed by atoms with Gasteiger partial charge in [0.05, 0.1) is 6.07 Å². The third-order valence-corrected chi connectivity index (χ3v) is 2.97. The molecule has 0 radical (unpaired) electrons. The van der Waals surface area contributed by atoms with Gasteiger partial charge in [-0.1, -0.05) is 23.7 Å². The summed E-state index contributed by atoms with van der Waals surface area (Å²) in [5, 5.41) is 12.2. The Morgan fingerprint density at radius 2 is 1.75 bits per heavy atom. The summed E-state index contributed by atoms with van der Waals surface area (Å²) in [4.78, 5) is 12.0. The molecule has 2 aromatic rings. The molecule has 5 heteroatoms. The van der Waals surface area contributed by atoms with E-state index in [4.69, 9.17) is 16.9 Å². The van der Waals surface area contributed by atoms with E-state index in [9.17, 15) is 9.18 Å². The van der Waals surface area contributed by atoms with Crippen molar-refractivity contribution in [2.45, 2.75) is 6.04 Å². The van der Waals surface area contributed by atoms with Crippen molar-refractivity contribution in [1.82, 2.24) is 5.32 Å². The Morgan fingerprint density at radius 1 is 1.15 bits per heavy atom. The van der Waals surface area contributed by atoms with Gasteiger partial charge in [-0.15, -0.1) is 0 Å². The van der Waals surface area contributed by atoms with Crippen molar-refractivity contribution in [1.29, 1.82) is 5.26 Å². The summed E-state index contributed by atoms with van der Waals surface area (Å²) in [7, 11) is 0. The summed E-state index contributed by atoms with van der Waals surface area (Å²) in [5.74, 6) is -0.785. The molecule has 0 aliphatic heterocycles. The molecule has 0 heterocycles. The largest absolute Gasteiger partial charge is 0.333 e. The molecule has 1 N–H and O–H groups in total. The maximum absolute atomic E-state index is 12.8. The standard InChI is InChI=1S/C15H10ClFN2O/c16-12-5-1-11(2-6-12)15(20)19-14(9-18)10-3-7-13(17)8-4-10/h1-8,14H,(H,19,20)/t14-/m0/s1. The van der Waals surface area contributed by atoms with Gasteiger partial charge in [0, 0.05) is 10.6 Å². The number of carbonyl (C=O) groups is 1. The molecule has 0 saturated heterocycles. The highest BCUT2D eigenvalue weighted by Crippen LogP contribution is 2.15. The van der Waals surface area contributed by atoms with Crippen LogP contribution >= 0.6 is 11.6 Å². The van der Waals surface area contributed by atoms with Crippen LogP contribution in [0.25, 0.3) is 0 Å². The number of nitriles is 1. The Hall–Kier alpha value is -2.38. The molecule has 0 aliphatic carbocycles. The molecule has 3 nitrogen and oxygen atoms in total. The van der Waals surface area contributed by atoms with Crippen LogP contribution in [0.4, 0.5) is 4.39 Å². The maximum Gasteiger partial charge on any atom is 0.252 e. The van der Waals surface area contributed by atoms with Crippen LogP contribution < -0.4 is 5.32 Å². The van der Waals surface area contributed by atoms with E-state index in [2.05, 4.69) is 5.32 Å². The van der Waals surface area contributed by atoms with Crippen LogP contribution in [0.3, 0.4) is 0 Å². The molecular formula is C15H10ClFN2O. The van der Waals surface area contributed by atoms with Crippen LogP contribution in [-0.4, -0.2) is 5.91 Å². The average Bonchev–Trinajstić information content (AvgIpc) is 2.46. The van der Waals surface area contributed by atoms with E-state index < -0.39 is 17.8 Å². The summed E-state index contributed by atoms with van der Waals surface area (Å²) >= 11 is 5.74. The number of hydrogen-bond acceptors (Lipinski definition) is 2. The van der Waals surface area contributed by atoms with Gasteiger partial charge >= 0.3 is 0 Å². The molecule has 2 aromatic carbocycles. The minimum atomic E-state index is -0.834. The highest BCUT2D eigenvalue weighted by Gasteiger charge is 2.15. The molecule has 0 saturated carbocycles. The minimum absolute atomic E-state index is 0.391. The van der Waals surface area contributed by atoms with Crippen molar-refractivity contribution in [2.75, 3.05) is 0 Å². The Kier molecular flexibility index (Phi) is 4.34. The van der Waals surface area contributed by atoms with E-state index >= 15 is 0 Å². The molecule has 0 aromatic heterocycles. The summed E-state index contributed by atoms with van der Waals surface area (Å²) in [6.45, 7) is 0. The summed E-state index contributed by atoms with van der Waals surface area (Å²) in [6, 6.07) is 12.9. The van der Waals surface area contributed by atoms with Gasteiger partial charge in [-0.05, 0) is 42.0 Å². The van der Waals surface area contributed by atoms with Crippen molar-refractivity contribution in [3.8, 4) is 6.07 Å². The van der Waals surface area contributed by atoms with Gasteiger partial charge in [-0.2, -0.15) is 5.26 Å². The highest BCUT2D eigenvalue weighted by atomic mass is 35.5. The Bertz CT molecular complexity index is 647. The molecule has 0 unspecified atom stereocenters. The fraction of sp³-hybridized carbons (Fsp3) is 0.0667. The first-order chi connectivity index (χ1) is 9.60. The predicted molar refractivity (Wildman–Crippen MR) is 73.7 cm³/mol. The van der Waals surface area contributed by atoms with Crippen molar-refractivity contribution < 1.29 is 9.18 Å². The first-order valence-corrected chi connectivity index (χ1v) is 6.19. The number of hydrogen-bond donors (Lipinski definition) is 1. The Labute approximate surface area is 120 Å². The van der Waals surface area contributed by atoms with E-state index in [1.807, 2.05) is 6.07 Å². The van der Waals surface area contributed by atoms with Crippen LogP contribution in [0, 0.1) is 17.1 Å². The second-order valence-electron chi connectivity index (χ2n) is 4.09. The average molecular weight is 289 g/mol. The summed E-state index contributed by atoms with van der Waals surface area (Å²) < 4.78 is 12.8. The third kappa shape index (κ3) is 3.34. The molecule has 0 bridgehead atoms. The van der Waals surface area contributed by atoms with Crippen molar-refractivity contribution >= 4 is 17.5 Å². The molecule has 1 amide bonds. The van der Waals surface area contributed by atoms with Gasteiger partial charge in [0.2, 0.25) is 0 Å². The van der Waals surface area contributed by atoms with Gasteiger partial charge in [0.1, 0.15) is 11.9 Å². The molecule has 100 valence electrons. The van der Waals surface area contributed by atoms with E-state index in [1.165, 1.54) is 24.3 Å². The van der Waals surface area contributed by atoms with Crippen LogP contribution in [-0.2, 0) is 0 Å². The zero-order valence-corrected chi connectivity index (χ0v) is 11.1. The van der Waals surface area contributed by atoms with E-state index in [0.717, 1.165) is 0 Å². The first kappa shape index (κ1) is 14.0. The van der Waals surface area contributed by atoms with Gasteiger partial charge in [-0.25, -0.2) is 4.39 Å². The monoisotopic (exact) mass is 288 g/mol. The van der Waals surface area contributed by atoms with E-state index in [0.29, 0.717) is 16.1 Å². The van der Waals surface area contributed by atoms with Crippen LogP contribution in [0.15, 0.2) is 48.5 Å². The fourth-order valence-electron chi connectivity index (χ4n) is 1.66. The third-order valence-electron chi connectivity index (χ3n) is 2.71. The summed E-state index contributed by atoms with van der Waals surface area (Å²) in [5.41, 5.74) is 0.924. The lowest BCUT2D eigenvalue weighted by atomic mass is 10.1. The Morgan fingerprint density at radius 3 is 2.30 bits per heavy atom. The number of rotatable bonds is 3. The van der Waals surface area contributed by atoms with E-state index in [1.54, 1.807) is 24.3 Å². The lowest BCUT2D eigenvalue weighted by molar-refractivity contribution is 0.0945. The molecule has 0 aliphatic rings. The molecule has 0 spiro atoms. The zero-order valence-electron chi connectivity index (χ0n) is 10.3. The minimum Gasteiger partial charge on any atom is -0.333 e. The Balaban J connectivity index is 2.14. The number of nitrogens with zero attached hydrogens (tertiary/aromatic N) is 1. The van der Waals surface area contributed by atoms with Gasteiger partial charge in [0.25, 0.3) is 5.91 Å². The van der Waals surface area contributed by atoms with Crippen LogP contribution in [0.2, 0.25) is 5.02 Å². The molecule has 20 heavy (non-hydrogen) atoms. The lowest BCUT2D eigenvalue weighted by Gasteiger charge is -2.12. The second kappa shape index (κ2) is 6.18. The van der Waals surface area contributed by atoms with Gasteiger partial charge in [0.15, 0.2) is 0 Å². The number of nitrogens with one attached hydrogen (secondary N) is 1. The molecule has 0 fully saturated rings. The molecule has 1 atom stereocenters. The lowest BCUT2D eigenvalue weighted by Crippen LogP contribution is -2.27. The van der Waals surface area contributed by atoms with Crippen molar-refractivity contribution in [2.24, 2.45) is 0 Å². The number of benzene rings is 2. The molecule has 2 rings (SSSR count). The van der Waals surface area contributed by atoms with Gasteiger partial charge in [-0.3, -0.25) is 4.79 Å². The summed E-state index contributed by atoms with van der Waals surface area (Å²) in [6.07, 6.45) is 0.